The number of rotatable bonds is 7. The standard InChI is InChI=1S/C16H22N4.C7H5F3/c1-12(11-19-3)13(2)16(18)15(9-10-17)20-14-7-5-4-6-8-14;8-7(9,10)6-4-2-1-3-5-6/h4-9,11,18-20H,2,10,17H2,1,3H3;1-5H/b12-11-,15-9-,18-16?;. The van der Waals surface area contributed by atoms with Crippen molar-refractivity contribution in [2.24, 2.45) is 5.73 Å². The average Bonchev–Trinajstić information content (AvgIpc) is 2.74. The lowest BCUT2D eigenvalue weighted by Crippen LogP contribution is -2.15. The Morgan fingerprint density at radius 2 is 1.60 bits per heavy atom. The van der Waals surface area contributed by atoms with Crippen LogP contribution in [0.1, 0.15) is 12.5 Å². The van der Waals surface area contributed by atoms with Gasteiger partial charge in [-0.3, -0.25) is 5.41 Å². The van der Waals surface area contributed by atoms with Crippen LogP contribution in [-0.4, -0.2) is 19.3 Å². The van der Waals surface area contributed by atoms with Gasteiger partial charge in [-0.15, -0.1) is 0 Å². The van der Waals surface area contributed by atoms with Crippen molar-refractivity contribution >= 4 is 11.4 Å². The van der Waals surface area contributed by atoms with Crippen LogP contribution in [0.4, 0.5) is 18.9 Å². The molecule has 0 radical (unpaired) electrons. The van der Waals surface area contributed by atoms with Crippen molar-refractivity contribution in [1.82, 2.24) is 5.32 Å². The van der Waals surface area contributed by atoms with E-state index in [4.69, 9.17) is 11.1 Å². The summed E-state index contributed by atoms with van der Waals surface area (Å²) in [6.07, 6.45) is -0.603. The van der Waals surface area contributed by atoms with Gasteiger partial charge in [0.05, 0.1) is 17.0 Å². The van der Waals surface area contributed by atoms with Crippen molar-refractivity contribution in [3.8, 4) is 0 Å². The van der Waals surface area contributed by atoms with E-state index in [1.807, 2.05) is 50.5 Å². The van der Waals surface area contributed by atoms with Gasteiger partial charge in [0, 0.05) is 19.3 Å². The summed E-state index contributed by atoms with van der Waals surface area (Å²) in [6, 6.07) is 16.1. The van der Waals surface area contributed by atoms with Crippen molar-refractivity contribution < 1.29 is 13.2 Å². The Hall–Kier alpha value is -3.32. The minimum atomic E-state index is -4.21. The summed E-state index contributed by atoms with van der Waals surface area (Å²) < 4.78 is 35.4. The molecule has 0 unspecified atom stereocenters. The van der Waals surface area contributed by atoms with Gasteiger partial charge in [-0.25, -0.2) is 0 Å². The molecule has 7 heteroatoms. The number of nitrogens with one attached hydrogen (secondary N) is 3. The monoisotopic (exact) mass is 416 g/mol. The van der Waals surface area contributed by atoms with Crippen LogP contribution < -0.4 is 16.4 Å². The summed E-state index contributed by atoms with van der Waals surface area (Å²) in [4.78, 5) is 0. The molecule has 2 aromatic carbocycles. The molecule has 0 fully saturated rings. The smallest absolute Gasteiger partial charge is 0.394 e. The highest BCUT2D eigenvalue weighted by atomic mass is 19.4. The number of anilines is 1. The molecule has 30 heavy (non-hydrogen) atoms. The van der Waals surface area contributed by atoms with Crippen molar-refractivity contribution in [1.29, 1.82) is 5.41 Å². The van der Waals surface area contributed by atoms with Gasteiger partial charge < -0.3 is 16.4 Å². The summed E-state index contributed by atoms with van der Waals surface area (Å²) in [5, 5.41) is 14.4. The van der Waals surface area contributed by atoms with Crippen LogP contribution in [0.3, 0.4) is 0 Å². The van der Waals surface area contributed by atoms with Gasteiger partial charge >= 0.3 is 6.18 Å². The number of para-hydroxylation sites is 1. The van der Waals surface area contributed by atoms with Gasteiger partial charge in [0.2, 0.25) is 0 Å². The molecule has 2 rings (SSSR count). The van der Waals surface area contributed by atoms with Crippen molar-refractivity contribution in [3.63, 3.8) is 0 Å². The molecule has 0 saturated heterocycles. The molecule has 0 spiro atoms. The fourth-order valence-corrected chi connectivity index (χ4v) is 2.30. The predicted octanol–water partition coefficient (Wildman–Crippen LogP) is 5.35. The number of halogens is 3. The zero-order chi connectivity index (χ0) is 22.6. The largest absolute Gasteiger partial charge is 0.416 e. The van der Waals surface area contributed by atoms with E-state index in [0.29, 0.717) is 23.5 Å². The molecule has 2 aromatic rings. The maximum atomic E-state index is 11.8. The molecule has 160 valence electrons. The summed E-state index contributed by atoms with van der Waals surface area (Å²) in [5.41, 5.74) is 8.46. The summed E-state index contributed by atoms with van der Waals surface area (Å²) in [6.45, 7) is 6.24. The topological polar surface area (TPSA) is 73.9 Å². The molecule has 4 nitrogen and oxygen atoms in total. The second-order valence-corrected chi connectivity index (χ2v) is 6.18. The Kier molecular flexibility index (Phi) is 10.1. The first-order valence-electron chi connectivity index (χ1n) is 9.17. The Bertz CT molecular complexity index is 870. The fourth-order valence-electron chi connectivity index (χ4n) is 2.30. The summed E-state index contributed by atoms with van der Waals surface area (Å²) >= 11 is 0. The van der Waals surface area contributed by atoms with Gasteiger partial charge in [-0.05, 0) is 42.5 Å². The van der Waals surface area contributed by atoms with Crippen LogP contribution in [0.5, 0.6) is 0 Å². The maximum Gasteiger partial charge on any atom is 0.416 e. The highest BCUT2D eigenvalue weighted by molar-refractivity contribution is 6.14. The molecule has 0 amide bonds. The minimum absolute atomic E-state index is 0.336. The van der Waals surface area contributed by atoms with Crippen LogP contribution in [0.15, 0.2) is 96.4 Å². The van der Waals surface area contributed by atoms with E-state index in [0.717, 1.165) is 23.4 Å². The maximum absolute atomic E-state index is 11.8. The number of allylic oxidation sites excluding steroid dienone is 2. The van der Waals surface area contributed by atoms with Gasteiger partial charge in [-0.2, -0.15) is 13.2 Å². The molecular weight excluding hydrogens is 389 g/mol. The highest BCUT2D eigenvalue weighted by Gasteiger charge is 2.29. The van der Waals surface area contributed by atoms with Crippen LogP contribution in [-0.2, 0) is 6.18 Å². The number of alkyl halides is 3. The van der Waals surface area contributed by atoms with Crippen LogP contribution in [0.25, 0.3) is 0 Å². The van der Waals surface area contributed by atoms with E-state index in [1.54, 1.807) is 12.1 Å². The van der Waals surface area contributed by atoms with Crippen molar-refractivity contribution in [2.45, 2.75) is 13.1 Å². The molecule has 0 aliphatic heterocycles. The quantitative estimate of drug-likeness (QED) is 0.363. The first-order chi connectivity index (χ1) is 14.2. The Morgan fingerprint density at radius 3 is 2.03 bits per heavy atom. The SMILES string of the molecule is C=C(C(=N)/C(=C/CN)Nc1ccccc1)/C(C)=C\NC.FC(F)(F)c1ccccc1. The summed E-state index contributed by atoms with van der Waals surface area (Å²) in [5.74, 6) is 0. The molecule has 0 bridgehead atoms. The Morgan fingerprint density at radius 1 is 1.07 bits per heavy atom. The lowest BCUT2D eigenvalue weighted by Gasteiger charge is -2.15. The van der Waals surface area contributed by atoms with Crippen LogP contribution in [0, 0.1) is 5.41 Å². The second-order valence-electron chi connectivity index (χ2n) is 6.18. The van der Waals surface area contributed by atoms with Crippen LogP contribution in [0.2, 0.25) is 0 Å². The lowest BCUT2D eigenvalue weighted by atomic mass is 10.0. The van der Waals surface area contributed by atoms with E-state index in [2.05, 4.69) is 17.2 Å². The Labute approximate surface area is 175 Å². The Balaban J connectivity index is 0.000000375. The van der Waals surface area contributed by atoms with E-state index < -0.39 is 11.7 Å². The summed E-state index contributed by atoms with van der Waals surface area (Å²) in [7, 11) is 1.82. The third kappa shape index (κ3) is 8.36. The third-order valence-corrected chi connectivity index (χ3v) is 3.88. The second kappa shape index (κ2) is 12.3. The number of hydrogen-bond donors (Lipinski definition) is 4. The third-order valence-electron chi connectivity index (χ3n) is 3.88. The first kappa shape index (κ1) is 24.7. The zero-order valence-corrected chi connectivity index (χ0v) is 17.1. The number of hydrogen-bond acceptors (Lipinski definition) is 4. The zero-order valence-electron chi connectivity index (χ0n) is 17.1. The molecule has 0 atom stereocenters. The number of nitrogens with two attached hydrogens (primary N) is 1. The van der Waals surface area contributed by atoms with Gasteiger partial charge in [0.1, 0.15) is 0 Å². The van der Waals surface area contributed by atoms with E-state index >= 15 is 0 Å². The van der Waals surface area contributed by atoms with E-state index in [-0.39, 0.29) is 0 Å². The van der Waals surface area contributed by atoms with Crippen LogP contribution >= 0.6 is 0 Å². The van der Waals surface area contributed by atoms with Gasteiger partial charge in [0.25, 0.3) is 0 Å². The normalized spacial score (nSPS) is 11.8. The first-order valence-corrected chi connectivity index (χ1v) is 9.17. The van der Waals surface area contributed by atoms with E-state index in [9.17, 15) is 13.2 Å². The molecule has 0 heterocycles. The lowest BCUT2D eigenvalue weighted by molar-refractivity contribution is -0.137. The number of benzene rings is 2. The average molecular weight is 416 g/mol. The molecule has 0 aliphatic rings. The van der Waals surface area contributed by atoms with E-state index in [1.165, 1.54) is 12.1 Å². The molecular formula is C23H27F3N4. The molecule has 0 saturated carbocycles. The minimum Gasteiger partial charge on any atom is -0.394 e. The predicted molar refractivity (Wildman–Crippen MR) is 118 cm³/mol. The van der Waals surface area contributed by atoms with Gasteiger partial charge in [-0.1, -0.05) is 55.1 Å². The highest BCUT2D eigenvalue weighted by Crippen LogP contribution is 2.28. The van der Waals surface area contributed by atoms with Gasteiger partial charge in [0.15, 0.2) is 0 Å². The van der Waals surface area contributed by atoms with Crippen molar-refractivity contribution in [3.05, 3.63) is 102 Å². The molecule has 0 aliphatic carbocycles. The molecule has 5 N–H and O–H groups in total. The molecule has 0 aromatic heterocycles. The fraction of sp³-hybridized carbons (Fsp3) is 0.174. The van der Waals surface area contributed by atoms with Crippen molar-refractivity contribution in [2.75, 3.05) is 18.9 Å².